The number of esters is 1. The van der Waals surface area contributed by atoms with E-state index in [0.717, 1.165) is 36.4 Å². The van der Waals surface area contributed by atoms with Crippen LogP contribution in [0.1, 0.15) is 36.9 Å². The lowest BCUT2D eigenvalue weighted by Crippen LogP contribution is -2.22. The van der Waals surface area contributed by atoms with Crippen molar-refractivity contribution in [3.8, 4) is 0 Å². The van der Waals surface area contributed by atoms with Gasteiger partial charge in [0.1, 0.15) is 5.41 Å². The molecule has 1 saturated carbocycles. The number of aromatic nitrogens is 1. The second-order valence-electron chi connectivity index (χ2n) is 3.95. The summed E-state index contributed by atoms with van der Waals surface area (Å²) in [6.45, 7) is 2.13. The first-order valence-electron chi connectivity index (χ1n) is 5.26. The molecule has 0 aliphatic heterocycles. The van der Waals surface area contributed by atoms with Crippen LogP contribution in [0.4, 0.5) is 0 Å². The van der Waals surface area contributed by atoms with Crippen LogP contribution >= 0.6 is 11.3 Å². The van der Waals surface area contributed by atoms with Crippen molar-refractivity contribution in [2.75, 3.05) is 7.11 Å². The summed E-state index contributed by atoms with van der Waals surface area (Å²) < 4.78 is 4.83. The maximum atomic E-state index is 11.6. The van der Waals surface area contributed by atoms with Crippen LogP contribution in [0.3, 0.4) is 0 Å². The van der Waals surface area contributed by atoms with Crippen molar-refractivity contribution < 1.29 is 9.53 Å². The van der Waals surface area contributed by atoms with E-state index in [1.807, 2.05) is 5.38 Å². The van der Waals surface area contributed by atoms with Crippen LogP contribution in [-0.4, -0.2) is 18.1 Å². The number of nitrogens with zero attached hydrogens (tertiary/aromatic N) is 1. The molecule has 0 radical (unpaired) electrons. The van der Waals surface area contributed by atoms with Crippen molar-refractivity contribution in [1.29, 1.82) is 0 Å². The number of aryl methyl sites for hydroxylation is 1. The van der Waals surface area contributed by atoms with Crippen molar-refractivity contribution >= 4 is 17.3 Å². The number of carbonyl (C=O) groups is 1. The molecule has 0 unspecified atom stereocenters. The van der Waals surface area contributed by atoms with Gasteiger partial charge in [0.05, 0.1) is 17.8 Å². The molecule has 1 aliphatic rings. The van der Waals surface area contributed by atoms with Crippen molar-refractivity contribution in [3.63, 3.8) is 0 Å². The van der Waals surface area contributed by atoms with Crippen LogP contribution in [0.2, 0.25) is 0 Å². The fourth-order valence-electron chi connectivity index (χ4n) is 1.74. The third kappa shape index (κ3) is 1.78. The van der Waals surface area contributed by atoms with Crippen LogP contribution in [0.15, 0.2) is 5.38 Å². The Labute approximate surface area is 93.5 Å². The number of rotatable bonds is 4. The molecule has 4 heteroatoms. The maximum Gasteiger partial charge on any atom is 0.317 e. The summed E-state index contributed by atoms with van der Waals surface area (Å²) in [6, 6.07) is 0. The number of methoxy groups -OCH3 is 1. The molecular weight excluding hydrogens is 210 g/mol. The van der Waals surface area contributed by atoms with Gasteiger partial charge in [0.2, 0.25) is 0 Å². The lowest BCUT2D eigenvalue weighted by Gasteiger charge is -2.08. The number of hydrogen-bond acceptors (Lipinski definition) is 4. The molecular formula is C11H15NO2S. The fraction of sp³-hybridized carbons (Fsp3) is 0.636. The van der Waals surface area contributed by atoms with Gasteiger partial charge in [0, 0.05) is 5.38 Å². The van der Waals surface area contributed by atoms with Crippen molar-refractivity contribution in [2.24, 2.45) is 0 Å². The highest BCUT2D eigenvalue weighted by Crippen LogP contribution is 2.49. The van der Waals surface area contributed by atoms with Crippen LogP contribution in [-0.2, 0) is 21.4 Å². The molecule has 15 heavy (non-hydrogen) atoms. The zero-order chi connectivity index (χ0) is 10.9. The lowest BCUT2D eigenvalue weighted by molar-refractivity contribution is -0.143. The van der Waals surface area contributed by atoms with E-state index in [9.17, 15) is 4.79 Å². The first-order chi connectivity index (χ1) is 7.23. The number of thiazole rings is 1. The fourth-order valence-corrected chi connectivity index (χ4v) is 2.74. The van der Waals surface area contributed by atoms with Crippen LogP contribution in [0.25, 0.3) is 0 Å². The minimum atomic E-state index is -0.392. The minimum Gasteiger partial charge on any atom is -0.468 e. The Balaban J connectivity index is 2.18. The molecule has 0 amide bonds. The van der Waals surface area contributed by atoms with Crippen LogP contribution < -0.4 is 0 Å². The summed E-state index contributed by atoms with van der Waals surface area (Å²) in [5.74, 6) is -0.129. The largest absolute Gasteiger partial charge is 0.468 e. The van der Waals surface area contributed by atoms with E-state index in [1.54, 1.807) is 11.3 Å². The van der Waals surface area contributed by atoms with E-state index in [-0.39, 0.29) is 5.97 Å². The molecule has 1 heterocycles. The lowest BCUT2D eigenvalue weighted by atomic mass is 10.0. The summed E-state index contributed by atoms with van der Waals surface area (Å²) >= 11 is 1.65. The minimum absolute atomic E-state index is 0.129. The average Bonchev–Trinajstić information content (AvgIpc) is 2.93. The third-order valence-corrected chi connectivity index (χ3v) is 3.74. The number of ether oxygens (including phenoxy) is 1. The molecule has 1 aliphatic carbocycles. The van der Waals surface area contributed by atoms with E-state index in [4.69, 9.17) is 4.74 Å². The van der Waals surface area contributed by atoms with Gasteiger partial charge in [-0.1, -0.05) is 6.92 Å². The topological polar surface area (TPSA) is 39.2 Å². The zero-order valence-corrected chi connectivity index (χ0v) is 9.89. The van der Waals surface area contributed by atoms with Crippen LogP contribution in [0, 0.1) is 0 Å². The first kappa shape index (κ1) is 10.6. The van der Waals surface area contributed by atoms with Gasteiger partial charge in [-0.25, -0.2) is 4.98 Å². The predicted octanol–water partition coefficient (Wildman–Crippen LogP) is 2.30. The van der Waals surface area contributed by atoms with E-state index >= 15 is 0 Å². The molecule has 1 aromatic heterocycles. The average molecular weight is 225 g/mol. The Morgan fingerprint density at radius 2 is 2.40 bits per heavy atom. The molecule has 1 fully saturated rings. The predicted molar refractivity (Wildman–Crippen MR) is 59.0 cm³/mol. The Morgan fingerprint density at radius 1 is 1.67 bits per heavy atom. The Hall–Kier alpha value is -0.900. The van der Waals surface area contributed by atoms with E-state index < -0.39 is 5.41 Å². The highest BCUT2D eigenvalue weighted by Gasteiger charge is 2.54. The quantitative estimate of drug-likeness (QED) is 0.738. The molecule has 82 valence electrons. The van der Waals surface area contributed by atoms with Crippen molar-refractivity contribution in [3.05, 3.63) is 16.1 Å². The first-order valence-corrected chi connectivity index (χ1v) is 6.14. The summed E-state index contributed by atoms with van der Waals surface area (Å²) in [5, 5.41) is 3.14. The SMILES string of the molecule is CCCc1nc(C2(C(=O)OC)CC2)cs1. The van der Waals surface area contributed by atoms with Crippen molar-refractivity contribution in [2.45, 2.75) is 38.0 Å². The molecule has 0 N–H and O–H groups in total. The second-order valence-corrected chi connectivity index (χ2v) is 4.89. The highest BCUT2D eigenvalue weighted by molar-refractivity contribution is 7.09. The molecule has 0 spiro atoms. The molecule has 0 atom stereocenters. The summed E-state index contributed by atoms with van der Waals surface area (Å²) in [4.78, 5) is 16.1. The van der Waals surface area contributed by atoms with Gasteiger partial charge in [-0.15, -0.1) is 11.3 Å². The Morgan fingerprint density at radius 3 is 2.93 bits per heavy atom. The van der Waals surface area contributed by atoms with Crippen LogP contribution in [0.5, 0.6) is 0 Å². The smallest absolute Gasteiger partial charge is 0.317 e. The number of hydrogen-bond donors (Lipinski definition) is 0. The van der Waals surface area contributed by atoms with Gasteiger partial charge < -0.3 is 4.74 Å². The molecule has 0 bridgehead atoms. The van der Waals surface area contributed by atoms with Gasteiger partial charge >= 0.3 is 5.97 Å². The van der Waals surface area contributed by atoms with E-state index in [1.165, 1.54) is 7.11 Å². The maximum absolute atomic E-state index is 11.6. The zero-order valence-electron chi connectivity index (χ0n) is 9.08. The summed E-state index contributed by atoms with van der Waals surface area (Å²) in [6.07, 6.45) is 3.87. The highest BCUT2D eigenvalue weighted by atomic mass is 32.1. The van der Waals surface area contributed by atoms with Gasteiger partial charge in [-0.3, -0.25) is 4.79 Å². The molecule has 0 saturated heterocycles. The van der Waals surface area contributed by atoms with Crippen molar-refractivity contribution in [1.82, 2.24) is 4.98 Å². The standard InChI is InChI=1S/C11H15NO2S/c1-3-4-9-12-8(7-15-9)11(5-6-11)10(13)14-2/h7H,3-6H2,1-2H3. The van der Waals surface area contributed by atoms with E-state index in [2.05, 4.69) is 11.9 Å². The number of carbonyl (C=O) groups excluding carboxylic acids is 1. The van der Waals surface area contributed by atoms with Gasteiger partial charge in [0.15, 0.2) is 0 Å². The third-order valence-electron chi connectivity index (χ3n) is 2.83. The molecule has 1 aromatic rings. The Bertz CT molecular complexity index is 368. The normalized spacial score (nSPS) is 17.5. The second kappa shape index (κ2) is 3.93. The Kier molecular flexibility index (Phi) is 2.78. The molecule has 0 aromatic carbocycles. The van der Waals surface area contributed by atoms with Gasteiger partial charge in [-0.2, -0.15) is 0 Å². The molecule has 3 nitrogen and oxygen atoms in total. The van der Waals surface area contributed by atoms with Gasteiger partial charge in [0.25, 0.3) is 0 Å². The summed E-state index contributed by atoms with van der Waals surface area (Å²) in [5.41, 5.74) is 0.528. The van der Waals surface area contributed by atoms with E-state index in [0.29, 0.717) is 0 Å². The molecule has 2 rings (SSSR count). The summed E-state index contributed by atoms with van der Waals surface area (Å²) in [7, 11) is 1.45. The monoisotopic (exact) mass is 225 g/mol. The van der Waals surface area contributed by atoms with Gasteiger partial charge in [-0.05, 0) is 25.7 Å².